The summed E-state index contributed by atoms with van der Waals surface area (Å²) in [6.45, 7) is -0.307. The molecule has 11 heteroatoms. The lowest BCUT2D eigenvalue weighted by atomic mass is 10.1. The first-order valence-corrected chi connectivity index (χ1v) is 11.4. The van der Waals surface area contributed by atoms with E-state index in [1.54, 1.807) is 18.2 Å². The fraction of sp³-hybridized carbons (Fsp3) is 0.227. The van der Waals surface area contributed by atoms with Gasteiger partial charge in [-0.2, -0.15) is 4.31 Å². The van der Waals surface area contributed by atoms with Crippen LogP contribution in [0.3, 0.4) is 0 Å². The Balaban J connectivity index is 2.06. The number of benzene rings is 3. The molecule has 0 aliphatic rings. The molecule has 0 atom stereocenters. The average Bonchev–Trinajstić information content (AvgIpc) is 2.80. The molecule has 0 saturated heterocycles. The van der Waals surface area contributed by atoms with Crippen molar-refractivity contribution in [1.29, 1.82) is 0 Å². The van der Waals surface area contributed by atoms with E-state index in [0.29, 0.717) is 10.9 Å². The molecule has 33 heavy (non-hydrogen) atoms. The molecule has 0 aliphatic carbocycles. The predicted octanol–water partition coefficient (Wildman–Crippen LogP) is 2.90. The van der Waals surface area contributed by atoms with Crippen molar-refractivity contribution in [2.24, 2.45) is 0 Å². The highest BCUT2D eigenvalue weighted by Gasteiger charge is 2.27. The molecule has 0 fully saturated rings. The summed E-state index contributed by atoms with van der Waals surface area (Å²) < 4.78 is 28.6. The van der Waals surface area contributed by atoms with Gasteiger partial charge in [0.15, 0.2) is 0 Å². The first-order valence-electron chi connectivity index (χ1n) is 10.0. The maximum absolute atomic E-state index is 13.7. The number of fused-ring (bicyclic) bond motifs is 1. The highest BCUT2D eigenvalue weighted by Crippen LogP contribution is 2.32. The first-order chi connectivity index (χ1) is 15.6. The molecule has 0 spiro atoms. The monoisotopic (exact) mass is 472 g/mol. The van der Waals surface area contributed by atoms with Crippen molar-refractivity contribution in [3.05, 3.63) is 76.3 Å². The Bertz CT molecular complexity index is 1280. The number of anilines is 1. The number of hydrogen-bond donors (Lipinski definition) is 2. The van der Waals surface area contributed by atoms with Crippen molar-refractivity contribution in [3.8, 4) is 0 Å². The topological polar surface area (TPSA) is 133 Å². The minimum atomic E-state index is -4.08. The third-order valence-electron chi connectivity index (χ3n) is 5.18. The highest BCUT2D eigenvalue weighted by molar-refractivity contribution is 7.89. The van der Waals surface area contributed by atoms with E-state index in [2.05, 4.69) is 0 Å². The molecule has 1 amide bonds. The van der Waals surface area contributed by atoms with Gasteiger partial charge in [-0.3, -0.25) is 20.1 Å². The summed E-state index contributed by atoms with van der Waals surface area (Å²) in [7, 11) is -0.349. The number of nitro benzene ring substituents is 1. The molecule has 0 aromatic heterocycles. The quantitative estimate of drug-likeness (QED) is 0.278. The minimum Gasteiger partial charge on any atom is -0.377 e. The summed E-state index contributed by atoms with van der Waals surface area (Å²) in [5.74, 6) is -0.730. The molecule has 0 unspecified atom stereocenters. The summed E-state index contributed by atoms with van der Waals surface area (Å²) in [5, 5.41) is 21.0. The molecular weight excluding hydrogens is 448 g/mol. The van der Waals surface area contributed by atoms with E-state index in [-0.39, 0.29) is 30.1 Å². The first kappa shape index (κ1) is 24.1. The molecule has 2 N–H and O–H groups in total. The number of sulfonamides is 1. The van der Waals surface area contributed by atoms with Gasteiger partial charge in [0.1, 0.15) is 0 Å². The second kappa shape index (κ2) is 9.94. The molecular formula is C22H24N4O6S. The number of rotatable bonds is 9. The summed E-state index contributed by atoms with van der Waals surface area (Å²) in [6, 6.07) is 15.9. The van der Waals surface area contributed by atoms with Crippen molar-refractivity contribution < 1.29 is 23.3 Å². The van der Waals surface area contributed by atoms with Crippen LogP contribution in [0.25, 0.3) is 10.8 Å². The van der Waals surface area contributed by atoms with Crippen LogP contribution in [-0.2, 0) is 21.4 Å². The summed E-state index contributed by atoms with van der Waals surface area (Å²) in [5.41, 5.74) is 2.76. The van der Waals surface area contributed by atoms with Gasteiger partial charge in [0.2, 0.25) is 15.9 Å². The van der Waals surface area contributed by atoms with Crippen LogP contribution in [-0.4, -0.2) is 49.4 Å². The lowest BCUT2D eigenvalue weighted by molar-refractivity contribution is -0.384. The molecule has 0 radical (unpaired) electrons. The number of amides is 1. The van der Waals surface area contributed by atoms with Crippen LogP contribution in [0.4, 0.5) is 11.4 Å². The SMILES string of the molecule is CN(C)c1cccc2c(S(=O)(=O)N(CCC(=O)NO)Cc3ccc([N+](=O)[O-])cc3)cccc12. The fourth-order valence-electron chi connectivity index (χ4n) is 3.51. The smallest absolute Gasteiger partial charge is 0.269 e. The predicted molar refractivity (Wildman–Crippen MR) is 124 cm³/mol. The molecule has 3 aromatic rings. The Hall–Kier alpha value is -3.54. The van der Waals surface area contributed by atoms with Gasteiger partial charge in [0.25, 0.3) is 5.69 Å². The van der Waals surface area contributed by atoms with E-state index < -0.39 is 20.9 Å². The number of hydroxylamine groups is 1. The van der Waals surface area contributed by atoms with E-state index in [1.807, 2.05) is 31.1 Å². The molecule has 3 rings (SSSR count). The van der Waals surface area contributed by atoms with E-state index in [9.17, 15) is 23.3 Å². The average molecular weight is 473 g/mol. The molecule has 0 saturated carbocycles. The van der Waals surface area contributed by atoms with Crippen LogP contribution in [0.5, 0.6) is 0 Å². The van der Waals surface area contributed by atoms with Crippen molar-refractivity contribution in [3.63, 3.8) is 0 Å². The van der Waals surface area contributed by atoms with E-state index in [0.717, 1.165) is 15.4 Å². The van der Waals surface area contributed by atoms with Crippen LogP contribution in [0, 0.1) is 10.1 Å². The number of nitrogens with one attached hydrogen (secondary N) is 1. The van der Waals surface area contributed by atoms with Crippen LogP contribution in [0.2, 0.25) is 0 Å². The third-order valence-corrected chi connectivity index (χ3v) is 7.08. The maximum atomic E-state index is 13.7. The van der Waals surface area contributed by atoms with Crippen molar-refractivity contribution in [1.82, 2.24) is 9.79 Å². The number of carbonyl (C=O) groups excluding carboxylic acids is 1. The van der Waals surface area contributed by atoms with Gasteiger partial charge in [-0.1, -0.05) is 36.4 Å². The van der Waals surface area contributed by atoms with Gasteiger partial charge in [-0.25, -0.2) is 13.9 Å². The van der Waals surface area contributed by atoms with Crippen LogP contribution in [0.15, 0.2) is 65.6 Å². The second-order valence-corrected chi connectivity index (χ2v) is 9.48. The number of nitro groups is 1. The minimum absolute atomic E-state index is 0.0787. The molecule has 3 aromatic carbocycles. The Morgan fingerprint density at radius 3 is 2.27 bits per heavy atom. The molecule has 0 heterocycles. The standard InChI is InChI=1S/C22H24N4O6S/c1-24(2)20-7-3-6-19-18(20)5-4-8-21(19)33(31,32)25(14-13-22(27)23-28)15-16-9-11-17(12-10-16)26(29)30/h3-12,28H,13-15H2,1-2H3,(H,23,27). The Kier molecular flexibility index (Phi) is 7.26. The highest BCUT2D eigenvalue weighted by atomic mass is 32.2. The lowest BCUT2D eigenvalue weighted by Crippen LogP contribution is -2.34. The van der Waals surface area contributed by atoms with Crippen LogP contribution < -0.4 is 10.4 Å². The summed E-state index contributed by atoms with van der Waals surface area (Å²) in [4.78, 5) is 24.0. The summed E-state index contributed by atoms with van der Waals surface area (Å²) in [6.07, 6.45) is -0.267. The number of nitrogens with zero attached hydrogens (tertiary/aromatic N) is 3. The van der Waals surface area contributed by atoms with Gasteiger partial charge < -0.3 is 4.90 Å². The third kappa shape index (κ3) is 5.28. The number of hydrogen-bond acceptors (Lipinski definition) is 7. The largest absolute Gasteiger partial charge is 0.377 e. The lowest BCUT2D eigenvalue weighted by Gasteiger charge is -2.24. The second-order valence-electron chi connectivity index (χ2n) is 7.57. The molecule has 174 valence electrons. The van der Waals surface area contributed by atoms with Gasteiger partial charge in [-0.05, 0) is 17.7 Å². The molecule has 10 nitrogen and oxygen atoms in total. The van der Waals surface area contributed by atoms with Gasteiger partial charge in [0, 0.05) is 62.2 Å². The van der Waals surface area contributed by atoms with E-state index in [4.69, 9.17) is 5.21 Å². The van der Waals surface area contributed by atoms with Gasteiger partial charge >= 0.3 is 0 Å². The zero-order valence-electron chi connectivity index (χ0n) is 18.1. The van der Waals surface area contributed by atoms with Gasteiger partial charge in [0.05, 0.1) is 9.82 Å². The molecule has 0 aliphatic heterocycles. The van der Waals surface area contributed by atoms with Crippen molar-refractivity contribution >= 4 is 38.1 Å². The maximum Gasteiger partial charge on any atom is 0.269 e. The van der Waals surface area contributed by atoms with Crippen LogP contribution in [0.1, 0.15) is 12.0 Å². The van der Waals surface area contributed by atoms with Crippen molar-refractivity contribution in [2.75, 3.05) is 25.5 Å². The number of non-ortho nitro benzene ring substituents is 1. The van der Waals surface area contributed by atoms with Gasteiger partial charge in [-0.15, -0.1) is 0 Å². The zero-order chi connectivity index (χ0) is 24.2. The number of carbonyl (C=O) groups is 1. The van der Waals surface area contributed by atoms with E-state index >= 15 is 0 Å². The Morgan fingerprint density at radius 1 is 1.03 bits per heavy atom. The van der Waals surface area contributed by atoms with Crippen molar-refractivity contribution in [2.45, 2.75) is 17.9 Å². The zero-order valence-corrected chi connectivity index (χ0v) is 18.9. The normalized spacial score (nSPS) is 11.5. The molecule has 0 bridgehead atoms. The van der Waals surface area contributed by atoms with Crippen LogP contribution >= 0.6 is 0 Å². The Labute approximate surface area is 191 Å². The summed E-state index contributed by atoms with van der Waals surface area (Å²) >= 11 is 0. The Morgan fingerprint density at radius 2 is 1.67 bits per heavy atom. The van der Waals surface area contributed by atoms with E-state index in [1.165, 1.54) is 35.8 Å². The fourth-order valence-corrected chi connectivity index (χ4v) is 5.15.